The third-order valence-corrected chi connectivity index (χ3v) is 4.63. The van der Waals surface area contributed by atoms with Crippen LogP contribution >= 0.6 is 0 Å². The number of carbonyl (C=O) groups is 1. The summed E-state index contributed by atoms with van der Waals surface area (Å²) >= 11 is 0. The maximum absolute atomic E-state index is 11.7. The fourth-order valence-corrected chi connectivity index (χ4v) is 2.87. The molecule has 5 nitrogen and oxygen atoms in total. The Hall–Kier alpha value is -2.82. The van der Waals surface area contributed by atoms with E-state index in [0.29, 0.717) is 12.1 Å². The molecule has 5 heteroatoms. The Morgan fingerprint density at radius 1 is 1.00 bits per heavy atom. The number of benzene rings is 2. The quantitative estimate of drug-likeness (QED) is 0.532. The summed E-state index contributed by atoms with van der Waals surface area (Å²) in [5.41, 5.74) is 4.51. The zero-order valence-corrected chi connectivity index (χ0v) is 17.6. The molecule has 0 aromatic heterocycles. The van der Waals surface area contributed by atoms with E-state index in [0.717, 1.165) is 24.5 Å². The summed E-state index contributed by atoms with van der Waals surface area (Å²) in [6.45, 7) is 8.08. The summed E-state index contributed by atoms with van der Waals surface area (Å²) in [6.07, 6.45) is 0.928. The van der Waals surface area contributed by atoms with E-state index >= 15 is 0 Å². The number of hydrogen-bond donors (Lipinski definition) is 3. The fourth-order valence-electron chi connectivity index (χ4n) is 2.87. The topological polar surface area (TPSA) is 65.5 Å². The lowest BCUT2D eigenvalue weighted by atomic mass is 9.86. The summed E-state index contributed by atoms with van der Waals surface area (Å²) in [5, 5.41) is 9.28. The van der Waals surface area contributed by atoms with Gasteiger partial charge in [0.05, 0.1) is 0 Å². The third-order valence-electron chi connectivity index (χ3n) is 4.63. The van der Waals surface area contributed by atoms with E-state index in [-0.39, 0.29) is 11.3 Å². The molecule has 0 heterocycles. The van der Waals surface area contributed by atoms with Crippen molar-refractivity contribution in [1.29, 1.82) is 0 Å². The standard InChI is InChI=1S/C23H32N4O/c1-23(2,3)20-11-9-17(10-12-20)13-14-26-22(25-5)27-16-18-7-6-8-19(15-18)21(28)24-4/h6-12,15H,13-14,16H2,1-5H3,(H,24,28)(H2,25,26,27). The molecule has 28 heavy (non-hydrogen) atoms. The highest BCUT2D eigenvalue weighted by molar-refractivity contribution is 5.94. The van der Waals surface area contributed by atoms with Crippen molar-refractivity contribution in [3.63, 3.8) is 0 Å². The molecule has 0 saturated heterocycles. The number of amides is 1. The van der Waals surface area contributed by atoms with E-state index in [9.17, 15) is 4.79 Å². The second kappa shape index (κ2) is 9.93. The number of guanidine groups is 1. The highest BCUT2D eigenvalue weighted by Crippen LogP contribution is 2.22. The van der Waals surface area contributed by atoms with E-state index in [4.69, 9.17) is 0 Å². The van der Waals surface area contributed by atoms with Crippen LogP contribution in [0.4, 0.5) is 0 Å². The first kappa shape index (κ1) is 21.5. The van der Waals surface area contributed by atoms with Crippen LogP contribution in [0.15, 0.2) is 53.5 Å². The first-order chi connectivity index (χ1) is 13.3. The Labute approximate surface area is 168 Å². The van der Waals surface area contributed by atoms with Gasteiger partial charge >= 0.3 is 0 Å². The molecule has 2 rings (SSSR count). The second-order valence-electron chi connectivity index (χ2n) is 7.83. The van der Waals surface area contributed by atoms with E-state index in [2.05, 4.69) is 66.0 Å². The van der Waals surface area contributed by atoms with Crippen LogP contribution in [0.5, 0.6) is 0 Å². The number of hydrogen-bond acceptors (Lipinski definition) is 2. The van der Waals surface area contributed by atoms with Gasteiger partial charge in [0, 0.05) is 32.7 Å². The number of carbonyl (C=O) groups excluding carboxylic acids is 1. The lowest BCUT2D eigenvalue weighted by Crippen LogP contribution is -2.37. The van der Waals surface area contributed by atoms with E-state index in [1.54, 1.807) is 20.2 Å². The van der Waals surface area contributed by atoms with Gasteiger partial charge in [-0.25, -0.2) is 0 Å². The minimum atomic E-state index is -0.0816. The van der Waals surface area contributed by atoms with Crippen LogP contribution in [0.1, 0.15) is 47.8 Å². The average Bonchev–Trinajstić information content (AvgIpc) is 2.69. The first-order valence-electron chi connectivity index (χ1n) is 9.68. The molecule has 0 aliphatic rings. The summed E-state index contributed by atoms with van der Waals surface area (Å²) in [4.78, 5) is 16.0. The molecule has 2 aromatic carbocycles. The summed E-state index contributed by atoms with van der Waals surface area (Å²) < 4.78 is 0. The normalized spacial score (nSPS) is 11.8. The first-order valence-corrected chi connectivity index (χ1v) is 9.68. The van der Waals surface area contributed by atoms with E-state index in [1.807, 2.05) is 18.2 Å². The second-order valence-corrected chi connectivity index (χ2v) is 7.83. The molecule has 1 amide bonds. The third kappa shape index (κ3) is 6.41. The predicted molar refractivity (Wildman–Crippen MR) is 117 cm³/mol. The summed E-state index contributed by atoms with van der Waals surface area (Å²) in [5.74, 6) is 0.665. The molecule has 3 N–H and O–H groups in total. The van der Waals surface area contributed by atoms with E-state index in [1.165, 1.54) is 11.1 Å². The molecule has 0 unspecified atom stereocenters. The molecule has 0 aliphatic heterocycles. The maximum Gasteiger partial charge on any atom is 0.251 e. The SMILES string of the molecule is CN=C(NCCc1ccc(C(C)(C)C)cc1)NCc1cccc(C(=O)NC)c1. The molecule has 0 spiro atoms. The van der Waals surface area contributed by atoms with Crippen molar-refractivity contribution in [2.45, 2.75) is 39.2 Å². The minimum Gasteiger partial charge on any atom is -0.356 e. The zero-order chi connectivity index (χ0) is 20.6. The van der Waals surface area contributed by atoms with Gasteiger partial charge in [0.15, 0.2) is 5.96 Å². The lowest BCUT2D eigenvalue weighted by Gasteiger charge is -2.19. The molecule has 0 fully saturated rings. The smallest absolute Gasteiger partial charge is 0.251 e. The molecular formula is C23H32N4O. The molecular weight excluding hydrogens is 348 g/mol. The van der Waals surface area contributed by atoms with Crippen LogP contribution in [-0.2, 0) is 18.4 Å². The van der Waals surface area contributed by atoms with Crippen LogP contribution in [0.3, 0.4) is 0 Å². The van der Waals surface area contributed by atoms with Crippen LogP contribution in [0.25, 0.3) is 0 Å². The molecule has 0 bridgehead atoms. The van der Waals surface area contributed by atoms with Crippen molar-refractivity contribution in [3.8, 4) is 0 Å². The zero-order valence-electron chi connectivity index (χ0n) is 17.6. The van der Waals surface area contributed by atoms with Crippen molar-refractivity contribution >= 4 is 11.9 Å². The minimum absolute atomic E-state index is 0.0816. The molecule has 0 saturated carbocycles. The summed E-state index contributed by atoms with van der Waals surface area (Å²) in [7, 11) is 3.39. The van der Waals surface area contributed by atoms with Crippen molar-refractivity contribution in [1.82, 2.24) is 16.0 Å². The Morgan fingerprint density at radius 3 is 2.32 bits per heavy atom. The Kier molecular flexibility index (Phi) is 7.61. The summed E-state index contributed by atoms with van der Waals surface area (Å²) in [6, 6.07) is 16.4. The maximum atomic E-state index is 11.7. The van der Waals surface area contributed by atoms with Gasteiger partial charge in [0.1, 0.15) is 0 Å². The fraction of sp³-hybridized carbons (Fsp3) is 0.391. The highest BCUT2D eigenvalue weighted by atomic mass is 16.1. The van der Waals surface area contributed by atoms with Gasteiger partial charge in [-0.1, -0.05) is 57.2 Å². The molecule has 0 aliphatic carbocycles. The molecule has 150 valence electrons. The van der Waals surface area contributed by atoms with Crippen LogP contribution in [0, 0.1) is 0 Å². The van der Waals surface area contributed by atoms with Gasteiger partial charge in [-0.3, -0.25) is 9.79 Å². The van der Waals surface area contributed by atoms with Crippen molar-refractivity contribution in [2.75, 3.05) is 20.6 Å². The van der Waals surface area contributed by atoms with Gasteiger partial charge in [-0.2, -0.15) is 0 Å². The van der Waals surface area contributed by atoms with Crippen LogP contribution in [-0.4, -0.2) is 32.5 Å². The Bertz CT molecular complexity index is 804. The number of nitrogens with one attached hydrogen (secondary N) is 3. The largest absolute Gasteiger partial charge is 0.356 e. The number of nitrogens with zero attached hydrogens (tertiary/aromatic N) is 1. The average molecular weight is 381 g/mol. The predicted octanol–water partition coefficient (Wildman–Crippen LogP) is 3.25. The van der Waals surface area contributed by atoms with Gasteiger partial charge < -0.3 is 16.0 Å². The van der Waals surface area contributed by atoms with Gasteiger partial charge in [-0.05, 0) is 40.7 Å². The molecule has 0 atom stereocenters. The van der Waals surface area contributed by atoms with E-state index < -0.39 is 0 Å². The monoisotopic (exact) mass is 380 g/mol. The molecule has 0 radical (unpaired) electrons. The van der Waals surface area contributed by atoms with Gasteiger partial charge in [0.25, 0.3) is 5.91 Å². The van der Waals surface area contributed by atoms with Crippen molar-refractivity contribution in [2.24, 2.45) is 4.99 Å². The van der Waals surface area contributed by atoms with Gasteiger partial charge in [-0.15, -0.1) is 0 Å². The Morgan fingerprint density at radius 2 is 1.71 bits per heavy atom. The van der Waals surface area contributed by atoms with Crippen LogP contribution < -0.4 is 16.0 Å². The highest BCUT2D eigenvalue weighted by Gasteiger charge is 2.12. The van der Waals surface area contributed by atoms with Gasteiger partial charge in [0.2, 0.25) is 0 Å². The Balaban J connectivity index is 1.83. The lowest BCUT2D eigenvalue weighted by molar-refractivity contribution is 0.0963. The van der Waals surface area contributed by atoms with Crippen LogP contribution in [0.2, 0.25) is 0 Å². The number of aliphatic imine (C=N–C) groups is 1. The molecule has 2 aromatic rings. The van der Waals surface area contributed by atoms with Crippen molar-refractivity contribution < 1.29 is 4.79 Å². The number of rotatable bonds is 6. The van der Waals surface area contributed by atoms with Crippen molar-refractivity contribution in [3.05, 3.63) is 70.8 Å².